The van der Waals surface area contributed by atoms with Gasteiger partial charge in [-0.3, -0.25) is 4.55 Å². The fourth-order valence-corrected chi connectivity index (χ4v) is 11.0. The Morgan fingerprint density at radius 2 is 1.30 bits per heavy atom. The van der Waals surface area contributed by atoms with Crippen LogP contribution in [0.3, 0.4) is 0 Å². The first-order valence-corrected chi connectivity index (χ1v) is 16.9. The molecular weight excluding hydrogens is 510 g/mol. The maximum atomic E-state index is 12.1. The van der Waals surface area contributed by atoms with Crippen LogP contribution in [0.5, 0.6) is 0 Å². The second kappa shape index (κ2) is 15.5. The molecule has 2 aromatic rings. The van der Waals surface area contributed by atoms with Gasteiger partial charge >= 0.3 is 29.6 Å². The van der Waals surface area contributed by atoms with Crippen molar-refractivity contribution in [3.63, 3.8) is 0 Å². The number of hydrogen-bond acceptors (Lipinski definition) is 2. The molecule has 0 spiro atoms. The van der Waals surface area contributed by atoms with Gasteiger partial charge in [0.25, 0.3) is 10.1 Å². The SMILES string of the molecule is CCCc1cc(S(=O)(=O)O)cc(CCC)c1-c1ccccc1P(C1CCCCC1)C1CCCCC1.O.[H-].[Na+]. The van der Waals surface area contributed by atoms with Gasteiger partial charge in [-0.1, -0.05) is 97.4 Å². The van der Waals surface area contributed by atoms with E-state index in [1.165, 1.54) is 75.3 Å². The van der Waals surface area contributed by atoms with Crippen molar-refractivity contribution in [3.8, 4) is 11.1 Å². The molecule has 0 amide bonds. The summed E-state index contributed by atoms with van der Waals surface area (Å²) in [5.74, 6) is 0. The van der Waals surface area contributed by atoms with Crippen LogP contribution in [0.4, 0.5) is 0 Å². The van der Waals surface area contributed by atoms with Crippen molar-refractivity contribution < 1.29 is 49.4 Å². The van der Waals surface area contributed by atoms with E-state index in [4.69, 9.17) is 0 Å². The second-order valence-electron chi connectivity index (χ2n) is 10.6. The van der Waals surface area contributed by atoms with Crippen LogP contribution in [0.25, 0.3) is 11.1 Å². The summed E-state index contributed by atoms with van der Waals surface area (Å²) in [6.45, 7) is 4.29. The third-order valence-corrected chi connectivity index (χ3v) is 12.4. The molecule has 0 saturated heterocycles. The van der Waals surface area contributed by atoms with Crippen molar-refractivity contribution in [1.82, 2.24) is 0 Å². The van der Waals surface area contributed by atoms with E-state index >= 15 is 0 Å². The largest absolute Gasteiger partial charge is 1.00 e. The van der Waals surface area contributed by atoms with E-state index in [-0.39, 0.29) is 49.3 Å². The summed E-state index contributed by atoms with van der Waals surface area (Å²) in [5, 5.41) is 1.55. The van der Waals surface area contributed by atoms with Crippen LogP contribution in [-0.2, 0) is 23.0 Å². The van der Waals surface area contributed by atoms with Gasteiger partial charge in [0, 0.05) is 0 Å². The summed E-state index contributed by atoms with van der Waals surface area (Å²) >= 11 is 0. The minimum absolute atomic E-state index is 0. The fraction of sp³-hybridized carbons (Fsp3) is 0.600. The molecule has 0 atom stereocenters. The molecule has 2 aliphatic rings. The molecule has 0 heterocycles. The minimum atomic E-state index is -4.24. The Bertz CT molecular complexity index is 1050. The van der Waals surface area contributed by atoms with E-state index in [1.807, 2.05) is 0 Å². The first-order chi connectivity index (χ1) is 16.9. The van der Waals surface area contributed by atoms with Gasteiger partial charge in [0.2, 0.25) is 0 Å². The van der Waals surface area contributed by atoms with Gasteiger partial charge in [-0.2, -0.15) is 8.42 Å². The second-order valence-corrected chi connectivity index (χ2v) is 14.8. The topological polar surface area (TPSA) is 85.9 Å². The molecule has 202 valence electrons. The number of rotatable bonds is 9. The molecule has 3 N–H and O–H groups in total. The predicted octanol–water partition coefficient (Wildman–Crippen LogP) is 4.57. The molecule has 0 aromatic heterocycles. The van der Waals surface area contributed by atoms with Crippen molar-refractivity contribution in [2.45, 2.75) is 120 Å². The van der Waals surface area contributed by atoms with Crippen molar-refractivity contribution in [1.29, 1.82) is 0 Å². The first-order valence-electron chi connectivity index (χ1n) is 13.9. The number of benzene rings is 2. The Labute approximate surface area is 250 Å². The third kappa shape index (κ3) is 8.13. The molecular formula is C30H46NaO4PS. The van der Waals surface area contributed by atoms with E-state index < -0.39 is 10.1 Å². The Kier molecular flexibility index (Phi) is 13.8. The zero-order valence-corrected chi connectivity index (χ0v) is 26.8. The van der Waals surface area contributed by atoms with Crippen LogP contribution >= 0.6 is 7.92 Å². The Morgan fingerprint density at radius 1 is 0.838 bits per heavy atom. The molecule has 7 heteroatoms. The zero-order chi connectivity index (χ0) is 24.8. The van der Waals surface area contributed by atoms with Crippen LogP contribution in [0.2, 0.25) is 0 Å². The Balaban J connectivity index is 0.00000241. The van der Waals surface area contributed by atoms with Gasteiger partial charge in [-0.25, -0.2) is 0 Å². The van der Waals surface area contributed by atoms with Crippen molar-refractivity contribution >= 4 is 23.3 Å². The molecule has 2 saturated carbocycles. The fourth-order valence-electron chi connectivity index (χ4n) is 6.48. The molecule has 2 aromatic carbocycles. The number of hydrogen-bond donors (Lipinski definition) is 1. The van der Waals surface area contributed by atoms with Gasteiger partial charge in [0.1, 0.15) is 0 Å². The Hall–Kier alpha value is -0.260. The summed E-state index contributed by atoms with van der Waals surface area (Å²) in [4.78, 5) is 0.0486. The third-order valence-electron chi connectivity index (χ3n) is 8.00. The van der Waals surface area contributed by atoms with Crippen LogP contribution in [-0.4, -0.2) is 29.8 Å². The van der Waals surface area contributed by atoms with Crippen LogP contribution in [0.15, 0.2) is 41.3 Å². The van der Waals surface area contributed by atoms with E-state index in [9.17, 15) is 13.0 Å². The molecule has 0 aliphatic heterocycles. The molecule has 0 bridgehead atoms. The summed E-state index contributed by atoms with van der Waals surface area (Å²) < 4.78 is 34.2. The number of aryl methyl sites for hydroxylation is 2. The van der Waals surface area contributed by atoms with E-state index in [0.29, 0.717) is 0 Å². The normalized spacial score (nSPS) is 17.3. The summed E-state index contributed by atoms with van der Waals surface area (Å²) in [6.07, 6.45) is 17.2. The summed E-state index contributed by atoms with van der Waals surface area (Å²) in [5.41, 5.74) is 6.34. The Morgan fingerprint density at radius 3 is 1.73 bits per heavy atom. The minimum Gasteiger partial charge on any atom is -1.00 e. The van der Waals surface area contributed by atoms with Crippen molar-refractivity contribution in [2.24, 2.45) is 0 Å². The first kappa shape index (κ1) is 32.9. The van der Waals surface area contributed by atoms with Gasteiger partial charge in [0.05, 0.1) is 4.90 Å². The average molecular weight is 557 g/mol. The predicted molar refractivity (Wildman–Crippen MR) is 155 cm³/mol. The van der Waals surface area contributed by atoms with E-state index in [1.54, 1.807) is 17.4 Å². The maximum absolute atomic E-state index is 12.1. The van der Waals surface area contributed by atoms with Gasteiger partial charge in [-0.15, -0.1) is 0 Å². The van der Waals surface area contributed by atoms with E-state index in [0.717, 1.165) is 48.1 Å². The molecule has 4 rings (SSSR count). The zero-order valence-electron chi connectivity index (χ0n) is 24.1. The molecule has 37 heavy (non-hydrogen) atoms. The molecule has 4 nitrogen and oxygen atoms in total. The van der Waals surface area contributed by atoms with Crippen molar-refractivity contribution in [2.75, 3.05) is 0 Å². The molecule has 0 radical (unpaired) electrons. The van der Waals surface area contributed by atoms with Crippen LogP contribution in [0, 0.1) is 0 Å². The van der Waals surface area contributed by atoms with Crippen LogP contribution < -0.4 is 34.9 Å². The summed E-state index contributed by atoms with van der Waals surface area (Å²) in [7, 11) is -4.52. The standard InChI is InChI=1S/C30H43O3PS.Na.H2O.H/c1-3-13-23-21-27(35(31,32)33)22-24(14-4-2)30(23)28-19-11-12-20-29(28)34(25-15-7-5-8-16-25)26-17-9-6-10-18-26;;;/h11-12,19-22,25-26H,3-10,13-18H2,1-2H3,(H,31,32,33);;1H2;/q;+1;;-1. The van der Waals surface area contributed by atoms with E-state index in [2.05, 4.69) is 38.1 Å². The monoisotopic (exact) mass is 556 g/mol. The average Bonchev–Trinajstić information content (AvgIpc) is 2.86. The quantitative estimate of drug-likeness (QED) is 0.279. The van der Waals surface area contributed by atoms with Gasteiger partial charge < -0.3 is 6.90 Å². The molecule has 0 unspecified atom stereocenters. The summed E-state index contributed by atoms with van der Waals surface area (Å²) in [6, 6.07) is 12.6. The smallest absolute Gasteiger partial charge is 1.00 e. The molecule has 2 aliphatic carbocycles. The maximum Gasteiger partial charge on any atom is 1.00 e. The van der Waals surface area contributed by atoms with Gasteiger partial charge in [-0.05, 0) is 89.5 Å². The van der Waals surface area contributed by atoms with Crippen molar-refractivity contribution in [3.05, 3.63) is 47.5 Å². The van der Waals surface area contributed by atoms with Crippen LogP contribution in [0.1, 0.15) is 103 Å². The molecule has 2 fully saturated rings. The van der Waals surface area contributed by atoms with Gasteiger partial charge in [0.15, 0.2) is 0 Å².